The number of benzene rings is 1. The molecule has 0 aliphatic heterocycles. The predicted octanol–water partition coefficient (Wildman–Crippen LogP) is 4.98. The first-order valence-corrected chi connectivity index (χ1v) is 10.1. The molecule has 0 radical (unpaired) electrons. The van der Waals surface area contributed by atoms with Crippen LogP contribution in [0.3, 0.4) is 0 Å². The highest BCUT2D eigenvalue weighted by Gasteiger charge is 2.07. The summed E-state index contributed by atoms with van der Waals surface area (Å²) in [7, 11) is 0. The summed E-state index contributed by atoms with van der Waals surface area (Å²) in [5.41, 5.74) is 4.13. The van der Waals surface area contributed by atoms with Gasteiger partial charge in [-0.05, 0) is 24.1 Å². The maximum absolute atomic E-state index is 11.9. The average Bonchev–Trinajstić information content (AvgIpc) is 3.10. The largest absolute Gasteiger partial charge is 0.325 e. The zero-order valence-corrected chi connectivity index (χ0v) is 16.0. The molecule has 5 heteroatoms. The van der Waals surface area contributed by atoms with E-state index in [-0.39, 0.29) is 5.91 Å². The van der Waals surface area contributed by atoms with Gasteiger partial charge in [0.15, 0.2) is 0 Å². The van der Waals surface area contributed by atoms with E-state index in [1.165, 1.54) is 5.56 Å². The first kappa shape index (κ1) is 19.2. The predicted molar refractivity (Wildman–Crippen MR) is 110 cm³/mol. The van der Waals surface area contributed by atoms with Gasteiger partial charge in [0, 0.05) is 22.4 Å². The highest BCUT2D eigenvalue weighted by molar-refractivity contribution is 7.99. The van der Waals surface area contributed by atoms with Crippen LogP contribution in [-0.2, 0) is 17.0 Å². The number of aromatic nitrogens is 1. The summed E-state index contributed by atoms with van der Waals surface area (Å²) in [4.78, 5) is 16.6. The fourth-order valence-corrected chi connectivity index (χ4v) is 3.77. The minimum absolute atomic E-state index is 0.0522. The summed E-state index contributed by atoms with van der Waals surface area (Å²) in [6.45, 7) is 9.41. The van der Waals surface area contributed by atoms with Crippen LogP contribution >= 0.6 is 23.1 Å². The van der Waals surface area contributed by atoms with Gasteiger partial charge in [-0.2, -0.15) is 0 Å². The third-order valence-corrected chi connectivity index (χ3v) is 5.35. The molecule has 0 aliphatic carbocycles. The Balaban J connectivity index is 1.85. The molecule has 0 spiro atoms. The number of nitrogens with one attached hydrogen (secondary N) is 1. The van der Waals surface area contributed by atoms with Gasteiger partial charge in [-0.3, -0.25) is 4.79 Å². The first-order valence-electron chi connectivity index (χ1n) is 8.02. The molecule has 0 bridgehead atoms. The van der Waals surface area contributed by atoms with Crippen LogP contribution in [0.15, 0.2) is 66.7 Å². The lowest BCUT2D eigenvalue weighted by molar-refractivity contribution is -0.117. The van der Waals surface area contributed by atoms with E-state index in [9.17, 15) is 4.79 Å². The number of carbonyl (C=O) groups excluding carboxylic acids is 1. The lowest BCUT2D eigenvalue weighted by atomic mass is 10.1. The molecule has 0 unspecified atom stereocenters. The second-order valence-corrected chi connectivity index (χ2v) is 7.14. The summed E-state index contributed by atoms with van der Waals surface area (Å²) in [6, 6.07) is 8.52. The Bertz CT molecular complexity index is 760. The lowest BCUT2D eigenvalue weighted by Crippen LogP contribution is -2.23. The average molecular weight is 371 g/mol. The maximum Gasteiger partial charge on any atom is 0.234 e. The number of thiazole rings is 1. The summed E-state index contributed by atoms with van der Waals surface area (Å²) in [5, 5.41) is 5.87. The molecular weight excluding hydrogens is 348 g/mol. The molecule has 1 aromatic heterocycles. The number of aryl methyl sites for hydroxylation is 1. The second-order valence-electron chi connectivity index (χ2n) is 5.30. The molecule has 1 heterocycles. The van der Waals surface area contributed by atoms with Crippen molar-refractivity contribution in [1.82, 2.24) is 10.3 Å². The molecule has 1 amide bonds. The molecule has 130 valence electrons. The van der Waals surface area contributed by atoms with Gasteiger partial charge in [-0.15, -0.1) is 23.1 Å². The van der Waals surface area contributed by atoms with Crippen LogP contribution in [0.1, 0.15) is 18.2 Å². The van der Waals surface area contributed by atoms with E-state index in [1.54, 1.807) is 41.3 Å². The van der Waals surface area contributed by atoms with Crippen molar-refractivity contribution in [3.8, 4) is 10.6 Å². The van der Waals surface area contributed by atoms with Gasteiger partial charge >= 0.3 is 0 Å². The van der Waals surface area contributed by atoms with E-state index in [0.717, 1.165) is 22.7 Å². The molecule has 1 N–H and O–H groups in total. The molecule has 0 aliphatic rings. The van der Waals surface area contributed by atoms with Crippen molar-refractivity contribution in [2.75, 3.05) is 5.75 Å². The van der Waals surface area contributed by atoms with Gasteiger partial charge in [0.25, 0.3) is 0 Å². The Morgan fingerprint density at radius 1 is 1.32 bits per heavy atom. The number of carbonyl (C=O) groups is 1. The smallest absolute Gasteiger partial charge is 0.234 e. The molecule has 2 aromatic rings. The van der Waals surface area contributed by atoms with E-state index in [0.29, 0.717) is 17.2 Å². The van der Waals surface area contributed by atoms with Crippen LogP contribution in [0, 0.1) is 0 Å². The van der Waals surface area contributed by atoms with Gasteiger partial charge in [0.05, 0.1) is 11.4 Å². The first-order chi connectivity index (χ1) is 12.2. The monoisotopic (exact) mass is 370 g/mol. The van der Waals surface area contributed by atoms with E-state index in [1.807, 2.05) is 0 Å². The second kappa shape index (κ2) is 10.0. The molecule has 0 saturated carbocycles. The number of rotatable bonds is 9. The topological polar surface area (TPSA) is 42.0 Å². The zero-order valence-electron chi connectivity index (χ0n) is 14.3. The van der Waals surface area contributed by atoms with Gasteiger partial charge in [-0.25, -0.2) is 4.98 Å². The van der Waals surface area contributed by atoms with Gasteiger partial charge in [0.2, 0.25) is 5.91 Å². The zero-order chi connectivity index (χ0) is 18.1. The summed E-state index contributed by atoms with van der Waals surface area (Å²) in [6.07, 6.45) is 5.97. The SMILES string of the molecule is C=C/C=C(\C=C)NC(=O)CSCc1csc(-c2ccc(CC)cc2)n1. The molecule has 3 nitrogen and oxygen atoms in total. The van der Waals surface area contributed by atoms with Crippen LogP contribution in [0.5, 0.6) is 0 Å². The van der Waals surface area contributed by atoms with Crippen LogP contribution in [0.25, 0.3) is 10.6 Å². The summed E-state index contributed by atoms with van der Waals surface area (Å²) >= 11 is 3.18. The van der Waals surface area contributed by atoms with Crippen molar-refractivity contribution in [2.24, 2.45) is 0 Å². The molecule has 1 aromatic carbocycles. The Labute approximate surface area is 157 Å². The standard InChI is InChI=1S/C20H22N2OS2/c1-4-7-17(6-3)21-19(23)14-24-12-18-13-25-20(22-18)16-10-8-15(5-2)9-11-16/h4,6-11,13H,1,3,5,12,14H2,2H3,(H,21,23)/b17-7+. The normalized spacial score (nSPS) is 11.2. The molecule has 2 rings (SSSR count). The van der Waals surface area contributed by atoms with Crippen LogP contribution in [-0.4, -0.2) is 16.6 Å². The van der Waals surface area contributed by atoms with Crippen molar-refractivity contribution >= 4 is 29.0 Å². The third kappa shape index (κ3) is 6.03. The summed E-state index contributed by atoms with van der Waals surface area (Å²) < 4.78 is 0. The molecular formula is C20H22N2OS2. The number of allylic oxidation sites excluding steroid dienone is 3. The lowest BCUT2D eigenvalue weighted by Gasteiger charge is -2.04. The highest BCUT2D eigenvalue weighted by atomic mass is 32.2. The van der Waals surface area contributed by atoms with E-state index in [4.69, 9.17) is 0 Å². The van der Waals surface area contributed by atoms with Gasteiger partial charge < -0.3 is 5.32 Å². The Morgan fingerprint density at radius 3 is 2.72 bits per heavy atom. The van der Waals surface area contributed by atoms with Gasteiger partial charge in [0.1, 0.15) is 5.01 Å². The van der Waals surface area contributed by atoms with Crippen molar-refractivity contribution < 1.29 is 4.79 Å². The van der Waals surface area contributed by atoms with E-state index < -0.39 is 0 Å². The number of thioether (sulfide) groups is 1. The Morgan fingerprint density at radius 2 is 2.08 bits per heavy atom. The highest BCUT2D eigenvalue weighted by Crippen LogP contribution is 2.25. The number of hydrogen-bond donors (Lipinski definition) is 1. The van der Waals surface area contributed by atoms with Crippen LogP contribution < -0.4 is 5.32 Å². The Hall–Kier alpha value is -2.11. The fraction of sp³-hybridized carbons (Fsp3) is 0.200. The fourth-order valence-electron chi connectivity index (χ4n) is 2.12. The molecule has 0 saturated heterocycles. The molecule has 0 fully saturated rings. The quantitative estimate of drug-likeness (QED) is 0.633. The van der Waals surface area contributed by atoms with E-state index >= 15 is 0 Å². The van der Waals surface area contributed by atoms with Crippen LogP contribution in [0.4, 0.5) is 0 Å². The minimum atomic E-state index is -0.0522. The van der Waals surface area contributed by atoms with Crippen molar-refractivity contribution in [3.63, 3.8) is 0 Å². The van der Waals surface area contributed by atoms with Crippen molar-refractivity contribution in [3.05, 3.63) is 78.0 Å². The Kier molecular flexibility index (Phi) is 7.70. The van der Waals surface area contributed by atoms with Gasteiger partial charge in [-0.1, -0.05) is 50.4 Å². The molecule has 0 atom stereocenters. The van der Waals surface area contributed by atoms with Crippen molar-refractivity contribution in [2.45, 2.75) is 19.1 Å². The number of nitrogens with zero attached hydrogens (tertiary/aromatic N) is 1. The molecule has 25 heavy (non-hydrogen) atoms. The maximum atomic E-state index is 11.9. The number of amides is 1. The van der Waals surface area contributed by atoms with E-state index in [2.05, 4.69) is 60.0 Å². The van der Waals surface area contributed by atoms with Crippen molar-refractivity contribution in [1.29, 1.82) is 0 Å². The van der Waals surface area contributed by atoms with Crippen LogP contribution in [0.2, 0.25) is 0 Å². The minimum Gasteiger partial charge on any atom is -0.325 e. The number of hydrogen-bond acceptors (Lipinski definition) is 4. The third-order valence-electron chi connectivity index (χ3n) is 3.45. The summed E-state index contributed by atoms with van der Waals surface area (Å²) in [5.74, 6) is 1.04.